The number of nitrogens with zero attached hydrogens (tertiary/aromatic N) is 4. The third-order valence-electron chi connectivity index (χ3n) is 8.37. The fourth-order valence-electron chi connectivity index (χ4n) is 6.12. The molecule has 3 aliphatic heterocycles. The number of likely N-dealkylation sites (N-methyl/N-ethyl adjacent to an activating group) is 1. The van der Waals surface area contributed by atoms with E-state index in [0.29, 0.717) is 31.0 Å². The minimum atomic E-state index is -3.93. The zero-order chi connectivity index (χ0) is 29.3. The van der Waals surface area contributed by atoms with Gasteiger partial charge in [0, 0.05) is 68.6 Å². The number of carbonyl (C=O) groups excluding carboxylic acids is 3. The molecule has 2 aromatic rings. The number of rotatable bonds is 8. The van der Waals surface area contributed by atoms with E-state index < -0.39 is 16.1 Å². The molecule has 11 nitrogen and oxygen atoms in total. The smallest absolute Gasteiger partial charge is 0.317 e. The van der Waals surface area contributed by atoms with Crippen LogP contribution in [0.25, 0.3) is 10.1 Å². The molecule has 1 aromatic carbocycles. The lowest BCUT2D eigenvalue weighted by molar-refractivity contribution is -0.143. The molecular weight excluding hydrogens is 588 g/mol. The maximum Gasteiger partial charge on any atom is 0.317 e. The Morgan fingerprint density at radius 2 is 1.90 bits per heavy atom. The van der Waals surface area contributed by atoms with Crippen molar-refractivity contribution in [1.29, 1.82) is 0 Å². The average molecular weight is 625 g/mol. The fourth-order valence-corrected chi connectivity index (χ4v) is 8.92. The van der Waals surface area contributed by atoms with Crippen molar-refractivity contribution in [2.45, 2.75) is 54.4 Å². The molecule has 2 N–H and O–H groups in total. The number of thiophene rings is 1. The van der Waals surface area contributed by atoms with Crippen LogP contribution in [0.3, 0.4) is 0 Å². The molecule has 3 atom stereocenters. The Balaban J connectivity index is 1.17. The molecule has 4 amide bonds. The lowest BCUT2D eigenvalue weighted by Crippen LogP contribution is -2.55. The van der Waals surface area contributed by atoms with Gasteiger partial charge in [-0.1, -0.05) is 11.6 Å². The molecule has 4 heterocycles. The molecule has 5 rings (SSSR count). The van der Waals surface area contributed by atoms with E-state index in [2.05, 4.69) is 14.9 Å². The number of benzene rings is 1. The highest BCUT2D eigenvalue weighted by Gasteiger charge is 2.38. The monoisotopic (exact) mass is 624 g/mol. The van der Waals surface area contributed by atoms with Crippen LogP contribution in [0.15, 0.2) is 28.5 Å². The molecule has 0 aliphatic carbocycles. The second-order valence-electron chi connectivity index (χ2n) is 11.1. The van der Waals surface area contributed by atoms with E-state index in [1.807, 2.05) is 4.90 Å². The standard InChI is InChI=1S/C27H37ClN6O5S2/c1-29-27(37)31(2)20-9-12-32(15-20)16-21-5-3-11-34(21)24(35)17-33-10-4-6-22(26(33)36)30-41(38,39)25-14-18-13-19(28)7-8-23(18)40-25/h7-8,13-14,20-22,30H,3-6,9-12,15-17H2,1-2H3,(H,29,37). The van der Waals surface area contributed by atoms with Crippen LogP contribution in [-0.2, 0) is 19.6 Å². The molecule has 0 spiro atoms. The molecule has 3 saturated heterocycles. The van der Waals surface area contributed by atoms with Crippen LogP contribution in [0, 0.1) is 0 Å². The molecule has 3 unspecified atom stereocenters. The quantitative estimate of drug-likeness (QED) is 0.464. The first-order chi connectivity index (χ1) is 19.6. The first kappa shape index (κ1) is 30.0. The molecule has 0 saturated carbocycles. The van der Waals surface area contributed by atoms with Crippen LogP contribution >= 0.6 is 22.9 Å². The highest BCUT2D eigenvalue weighted by Crippen LogP contribution is 2.31. The van der Waals surface area contributed by atoms with Gasteiger partial charge in [-0.2, -0.15) is 4.72 Å². The van der Waals surface area contributed by atoms with E-state index in [-0.39, 0.29) is 40.7 Å². The molecule has 0 radical (unpaired) electrons. The van der Waals surface area contributed by atoms with Gasteiger partial charge in [-0.3, -0.25) is 14.5 Å². The number of hydrogen-bond donors (Lipinski definition) is 2. The first-order valence-corrected chi connectivity index (χ1v) is 16.7. The number of amides is 4. The van der Waals surface area contributed by atoms with Crippen LogP contribution in [-0.4, -0.2) is 117 Å². The van der Waals surface area contributed by atoms with Gasteiger partial charge in [0.05, 0.1) is 6.54 Å². The number of hydrogen-bond acceptors (Lipinski definition) is 7. The highest BCUT2D eigenvalue weighted by molar-refractivity contribution is 7.91. The third kappa shape index (κ3) is 6.64. The molecule has 3 aliphatic rings. The van der Waals surface area contributed by atoms with Gasteiger partial charge in [0.2, 0.25) is 11.8 Å². The van der Waals surface area contributed by atoms with Crippen LogP contribution in [0.2, 0.25) is 5.02 Å². The van der Waals surface area contributed by atoms with Gasteiger partial charge in [0.1, 0.15) is 10.3 Å². The Kier molecular flexibility index (Phi) is 9.10. The molecule has 0 bridgehead atoms. The van der Waals surface area contributed by atoms with E-state index >= 15 is 0 Å². The predicted molar refractivity (Wildman–Crippen MR) is 159 cm³/mol. The SMILES string of the molecule is CNC(=O)N(C)C1CCN(CC2CCCN2C(=O)CN2CCCC(NS(=O)(=O)c3cc4cc(Cl)ccc4s3)C2=O)C1. The summed E-state index contributed by atoms with van der Waals surface area (Å²) in [6.07, 6.45) is 3.68. The molecular formula is C27H37ClN6O5S2. The van der Waals surface area contributed by atoms with Crippen molar-refractivity contribution >= 4 is 60.9 Å². The van der Waals surface area contributed by atoms with Crippen molar-refractivity contribution in [2.24, 2.45) is 0 Å². The molecule has 14 heteroatoms. The highest BCUT2D eigenvalue weighted by atomic mass is 35.5. The topological polar surface area (TPSA) is 122 Å². The second kappa shape index (κ2) is 12.4. The lowest BCUT2D eigenvalue weighted by atomic mass is 10.1. The number of carbonyl (C=O) groups is 3. The maximum absolute atomic E-state index is 13.4. The van der Waals surface area contributed by atoms with Crippen molar-refractivity contribution in [3.05, 3.63) is 29.3 Å². The second-order valence-corrected chi connectivity index (χ2v) is 14.5. The van der Waals surface area contributed by atoms with E-state index in [1.54, 1.807) is 43.3 Å². The molecule has 3 fully saturated rings. The zero-order valence-electron chi connectivity index (χ0n) is 23.3. The maximum atomic E-state index is 13.4. The van der Waals surface area contributed by atoms with E-state index in [4.69, 9.17) is 11.6 Å². The Bertz CT molecular complexity index is 1420. The molecule has 1 aromatic heterocycles. The molecule has 41 heavy (non-hydrogen) atoms. The van der Waals surface area contributed by atoms with Crippen LogP contribution in [0.4, 0.5) is 4.79 Å². The van der Waals surface area contributed by atoms with Gasteiger partial charge in [0.25, 0.3) is 10.0 Å². The Morgan fingerprint density at radius 3 is 2.68 bits per heavy atom. The number of likely N-dealkylation sites (tertiary alicyclic amines) is 3. The van der Waals surface area contributed by atoms with Gasteiger partial charge in [-0.25, -0.2) is 13.2 Å². The number of halogens is 1. The van der Waals surface area contributed by atoms with Gasteiger partial charge >= 0.3 is 6.03 Å². The van der Waals surface area contributed by atoms with E-state index in [9.17, 15) is 22.8 Å². The number of sulfonamides is 1. The Hall–Kier alpha value is -2.45. The normalized spacial score (nSPS) is 23.9. The minimum absolute atomic E-state index is 0.0576. The van der Waals surface area contributed by atoms with Gasteiger partial charge in [-0.05, 0) is 61.8 Å². The van der Waals surface area contributed by atoms with Gasteiger partial charge in [-0.15, -0.1) is 11.3 Å². The minimum Gasteiger partial charge on any atom is -0.341 e. The summed E-state index contributed by atoms with van der Waals surface area (Å²) in [6.45, 7) is 3.37. The predicted octanol–water partition coefficient (Wildman–Crippen LogP) is 2.16. The third-order valence-corrected chi connectivity index (χ3v) is 11.7. The van der Waals surface area contributed by atoms with Gasteiger partial charge < -0.3 is 20.0 Å². The summed E-state index contributed by atoms with van der Waals surface area (Å²) in [6, 6.07) is 5.94. The van der Waals surface area contributed by atoms with E-state index in [1.165, 1.54) is 4.90 Å². The Labute approximate surface area is 249 Å². The van der Waals surface area contributed by atoms with Crippen molar-refractivity contribution in [1.82, 2.24) is 29.6 Å². The summed E-state index contributed by atoms with van der Waals surface area (Å²) in [5, 5.41) is 3.92. The van der Waals surface area contributed by atoms with Crippen LogP contribution < -0.4 is 10.0 Å². The molecule has 224 valence electrons. The van der Waals surface area contributed by atoms with Crippen LogP contribution in [0.1, 0.15) is 32.1 Å². The number of fused-ring (bicyclic) bond motifs is 1. The fraction of sp³-hybridized carbons (Fsp3) is 0.593. The summed E-state index contributed by atoms with van der Waals surface area (Å²) in [7, 11) is -0.496. The van der Waals surface area contributed by atoms with Crippen molar-refractivity contribution in [3.8, 4) is 0 Å². The van der Waals surface area contributed by atoms with Crippen LogP contribution in [0.5, 0.6) is 0 Å². The number of urea groups is 1. The Morgan fingerprint density at radius 1 is 1.12 bits per heavy atom. The number of piperidine rings is 1. The summed E-state index contributed by atoms with van der Waals surface area (Å²) in [4.78, 5) is 46.1. The van der Waals surface area contributed by atoms with Crippen molar-refractivity contribution < 1.29 is 22.8 Å². The largest absolute Gasteiger partial charge is 0.341 e. The average Bonchev–Trinajstić information content (AvgIpc) is 3.70. The van der Waals surface area contributed by atoms with Crippen molar-refractivity contribution in [2.75, 3.05) is 53.4 Å². The first-order valence-electron chi connectivity index (χ1n) is 14.0. The van der Waals surface area contributed by atoms with Crippen molar-refractivity contribution in [3.63, 3.8) is 0 Å². The van der Waals surface area contributed by atoms with Gasteiger partial charge in [0.15, 0.2) is 0 Å². The summed E-state index contributed by atoms with van der Waals surface area (Å²) < 4.78 is 29.8. The summed E-state index contributed by atoms with van der Waals surface area (Å²) >= 11 is 7.17. The zero-order valence-corrected chi connectivity index (χ0v) is 25.7. The number of nitrogens with one attached hydrogen (secondary N) is 2. The summed E-state index contributed by atoms with van der Waals surface area (Å²) in [5.74, 6) is -0.475. The van der Waals surface area contributed by atoms with E-state index in [0.717, 1.165) is 60.3 Å². The summed E-state index contributed by atoms with van der Waals surface area (Å²) in [5.41, 5.74) is 0. The lowest BCUT2D eigenvalue weighted by Gasteiger charge is -2.35.